The second-order valence-electron chi connectivity index (χ2n) is 11.2. The van der Waals surface area contributed by atoms with Crippen molar-refractivity contribution in [2.45, 2.75) is 77.2 Å². The molecule has 1 saturated heterocycles. The zero-order chi connectivity index (χ0) is 24.7. The number of carbonyl (C=O) groups is 3. The summed E-state index contributed by atoms with van der Waals surface area (Å²) >= 11 is 0. The van der Waals surface area contributed by atoms with E-state index in [0.29, 0.717) is 12.8 Å². The molecule has 9 atom stereocenters. The van der Waals surface area contributed by atoms with Gasteiger partial charge in [0.1, 0.15) is 6.10 Å². The van der Waals surface area contributed by atoms with E-state index in [1.165, 1.54) is 14.0 Å². The van der Waals surface area contributed by atoms with Crippen molar-refractivity contribution >= 4 is 17.5 Å². The van der Waals surface area contributed by atoms with Crippen LogP contribution in [0.15, 0.2) is 23.8 Å². The topological polar surface area (TPSA) is 108 Å². The van der Waals surface area contributed by atoms with Crippen molar-refractivity contribution in [3.05, 3.63) is 23.8 Å². The minimum absolute atomic E-state index is 0.00728. The molecule has 0 aromatic carbocycles. The van der Waals surface area contributed by atoms with Crippen LogP contribution in [0.2, 0.25) is 0 Å². The fourth-order valence-corrected chi connectivity index (χ4v) is 8.11. The van der Waals surface area contributed by atoms with Gasteiger partial charge >= 0.3 is 5.97 Å². The average Bonchev–Trinajstić information content (AvgIpc) is 3.20. The van der Waals surface area contributed by atoms with E-state index in [4.69, 9.17) is 18.9 Å². The van der Waals surface area contributed by atoms with Gasteiger partial charge in [0.2, 0.25) is 5.78 Å². The number of ether oxygens (including phenoxy) is 4. The van der Waals surface area contributed by atoms with Crippen LogP contribution in [-0.2, 0) is 33.3 Å². The predicted molar refractivity (Wildman–Crippen MR) is 119 cm³/mol. The normalized spacial score (nSPS) is 48.9. The SMILES string of the molecule is CO[C@@]1(C)O[C@@H]2C[C@H]3[C@@H]4CCC5=CC(=O)C=C[C@]5(C)[C@H]4[C@@H](O)C[C@]3(C)[C@]2(C(=O)COC(C)=O)O1. The van der Waals surface area contributed by atoms with E-state index < -0.39 is 47.2 Å². The van der Waals surface area contributed by atoms with Gasteiger partial charge in [-0.25, -0.2) is 0 Å². The van der Waals surface area contributed by atoms with Crippen LogP contribution in [0, 0.1) is 28.6 Å². The highest BCUT2D eigenvalue weighted by atomic mass is 16.9. The maximum atomic E-state index is 13.7. The van der Waals surface area contributed by atoms with E-state index in [0.717, 1.165) is 18.4 Å². The summed E-state index contributed by atoms with van der Waals surface area (Å²) in [4.78, 5) is 37.3. The van der Waals surface area contributed by atoms with Gasteiger partial charge in [-0.1, -0.05) is 25.5 Å². The van der Waals surface area contributed by atoms with E-state index in [2.05, 4.69) is 6.92 Å². The zero-order valence-electron chi connectivity index (χ0n) is 20.5. The van der Waals surface area contributed by atoms with Crippen molar-refractivity contribution in [1.29, 1.82) is 0 Å². The van der Waals surface area contributed by atoms with Crippen LogP contribution in [0.3, 0.4) is 0 Å². The molecule has 0 amide bonds. The van der Waals surface area contributed by atoms with Gasteiger partial charge in [-0.05, 0) is 49.7 Å². The van der Waals surface area contributed by atoms with Crippen molar-refractivity contribution in [3.8, 4) is 0 Å². The van der Waals surface area contributed by atoms with Crippen molar-refractivity contribution in [2.24, 2.45) is 28.6 Å². The number of aliphatic hydroxyl groups is 1. The Morgan fingerprint density at radius 3 is 2.68 bits per heavy atom. The number of fused-ring (bicyclic) bond motifs is 7. The first kappa shape index (κ1) is 23.9. The van der Waals surface area contributed by atoms with Crippen LogP contribution in [0.25, 0.3) is 0 Å². The highest BCUT2D eigenvalue weighted by Gasteiger charge is 2.77. The van der Waals surface area contributed by atoms with E-state index >= 15 is 0 Å². The molecule has 0 radical (unpaired) electrons. The second kappa shape index (κ2) is 7.56. The average molecular weight is 475 g/mol. The van der Waals surface area contributed by atoms with E-state index in [1.807, 2.05) is 13.0 Å². The van der Waals surface area contributed by atoms with Crippen LogP contribution in [0.5, 0.6) is 0 Å². The Balaban J connectivity index is 1.56. The lowest BCUT2D eigenvalue weighted by molar-refractivity contribution is -0.340. The number of esters is 1. The molecule has 0 aromatic heterocycles. The third-order valence-corrected chi connectivity index (χ3v) is 9.55. The maximum absolute atomic E-state index is 13.7. The molecular weight excluding hydrogens is 440 g/mol. The summed E-state index contributed by atoms with van der Waals surface area (Å²) < 4.78 is 23.2. The maximum Gasteiger partial charge on any atom is 0.303 e. The number of hydrogen-bond acceptors (Lipinski definition) is 8. The molecule has 1 N–H and O–H groups in total. The van der Waals surface area contributed by atoms with E-state index in [-0.39, 0.29) is 29.3 Å². The first-order chi connectivity index (χ1) is 15.9. The van der Waals surface area contributed by atoms with Gasteiger partial charge in [-0.2, -0.15) is 0 Å². The van der Waals surface area contributed by atoms with Crippen LogP contribution < -0.4 is 0 Å². The first-order valence-corrected chi connectivity index (χ1v) is 12.1. The molecule has 3 saturated carbocycles. The Kier molecular flexibility index (Phi) is 5.31. The number of Topliss-reactive ketones (excluding diaryl/α,β-unsaturated/α-hetero) is 1. The van der Waals surface area contributed by atoms with Gasteiger partial charge in [0.05, 0.1) is 6.10 Å². The molecule has 1 aliphatic heterocycles. The Morgan fingerprint density at radius 2 is 2.00 bits per heavy atom. The lowest BCUT2D eigenvalue weighted by atomic mass is 9.46. The smallest absolute Gasteiger partial charge is 0.303 e. The van der Waals surface area contributed by atoms with Crippen LogP contribution in [0.1, 0.15) is 53.4 Å². The van der Waals surface area contributed by atoms with Gasteiger partial charge in [0.25, 0.3) is 5.97 Å². The Labute approximate surface area is 199 Å². The summed E-state index contributed by atoms with van der Waals surface area (Å²) in [5, 5.41) is 11.6. The molecule has 1 heterocycles. The van der Waals surface area contributed by atoms with Crippen molar-refractivity contribution in [1.82, 2.24) is 0 Å². The summed E-state index contributed by atoms with van der Waals surface area (Å²) in [6, 6.07) is 0. The number of hydrogen-bond donors (Lipinski definition) is 1. The standard InChI is InChI=1S/C26H34O8/c1-14(27)32-13-20(30)26-21(33-25(4,31-5)34-26)11-18-17-7-6-15-10-16(28)8-9-23(15,2)22(17)19(29)12-24(18,26)3/h8-10,17-19,21-22,29H,6-7,11-13H2,1-5H3/t17-,18-,19-,21+,22+,23-,24-,25-,26+/m0/s1. The number of ketones is 2. The second-order valence-corrected chi connectivity index (χ2v) is 11.2. The molecule has 5 rings (SSSR count). The molecule has 5 aliphatic rings. The molecule has 8 heteroatoms. The minimum atomic E-state index is -1.41. The Hall–Kier alpha value is -1.87. The van der Waals surface area contributed by atoms with Crippen molar-refractivity contribution in [2.75, 3.05) is 13.7 Å². The lowest BCUT2D eigenvalue weighted by Gasteiger charge is -2.59. The van der Waals surface area contributed by atoms with Gasteiger partial charge in [-0.15, -0.1) is 0 Å². The zero-order valence-corrected chi connectivity index (χ0v) is 20.5. The van der Waals surface area contributed by atoms with Crippen molar-refractivity contribution in [3.63, 3.8) is 0 Å². The summed E-state index contributed by atoms with van der Waals surface area (Å²) in [6.45, 7) is 6.59. The van der Waals surface area contributed by atoms with Crippen LogP contribution in [-0.4, -0.2) is 60.1 Å². The molecule has 34 heavy (non-hydrogen) atoms. The fraction of sp³-hybridized carbons (Fsp3) is 0.731. The molecule has 0 bridgehead atoms. The highest BCUT2D eigenvalue weighted by molar-refractivity contribution is 6.01. The third kappa shape index (κ3) is 3.01. The third-order valence-electron chi connectivity index (χ3n) is 9.55. The quantitative estimate of drug-likeness (QED) is 0.619. The Bertz CT molecular complexity index is 1000. The molecule has 0 unspecified atom stereocenters. The summed E-state index contributed by atoms with van der Waals surface area (Å²) in [5.41, 5.74) is -1.49. The summed E-state index contributed by atoms with van der Waals surface area (Å²) in [5.74, 6) is -2.26. The lowest BCUT2D eigenvalue weighted by Crippen LogP contribution is -2.64. The molecular formula is C26H34O8. The highest BCUT2D eigenvalue weighted by Crippen LogP contribution is 2.70. The van der Waals surface area contributed by atoms with Crippen LogP contribution in [0.4, 0.5) is 0 Å². The minimum Gasteiger partial charge on any atom is -0.458 e. The Morgan fingerprint density at radius 1 is 1.26 bits per heavy atom. The predicted octanol–water partition coefficient (Wildman–Crippen LogP) is 2.48. The van der Waals surface area contributed by atoms with E-state index in [1.54, 1.807) is 19.1 Å². The van der Waals surface area contributed by atoms with Gasteiger partial charge in [0, 0.05) is 37.7 Å². The van der Waals surface area contributed by atoms with Gasteiger partial charge in [-0.3, -0.25) is 14.4 Å². The fourth-order valence-electron chi connectivity index (χ4n) is 8.11. The molecule has 186 valence electrons. The number of carbonyl (C=O) groups excluding carboxylic acids is 3. The largest absolute Gasteiger partial charge is 0.458 e. The number of allylic oxidation sites excluding steroid dienone is 4. The van der Waals surface area contributed by atoms with E-state index in [9.17, 15) is 19.5 Å². The van der Waals surface area contributed by atoms with Gasteiger partial charge < -0.3 is 24.1 Å². The first-order valence-electron chi connectivity index (χ1n) is 12.1. The number of rotatable bonds is 4. The van der Waals surface area contributed by atoms with Crippen LogP contribution >= 0.6 is 0 Å². The molecule has 0 spiro atoms. The number of methoxy groups -OCH3 is 1. The molecule has 0 aromatic rings. The summed E-state index contributed by atoms with van der Waals surface area (Å²) in [7, 11) is 1.46. The monoisotopic (exact) mass is 474 g/mol. The molecule has 4 fully saturated rings. The molecule has 4 aliphatic carbocycles. The van der Waals surface area contributed by atoms with Gasteiger partial charge in [0.15, 0.2) is 18.0 Å². The molecule has 8 nitrogen and oxygen atoms in total. The number of aliphatic hydroxyl groups excluding tert-OH is 1. The summed E-state index contributed by atoms with van der Waals surface area (Å²) in [6.07, 6.45) is 6.47. The van der Waals surface area contributed by atoms with Crippen molar-refractivity contribution < 1.29 is 38.4 Å².